The number of thiazole rings is 1. The highest BCUT2D eigenvalue weighted by Crippen LogP contribution is 2.38. The van der Waals surface area contributed by atoms with Gasteiger partial charge in [0.15, 0.2) is 6.61 Å². The van der Waals surface area contributed by atoms with E-state index in [1.807, 2.05) is 31.2 Å². The Morgan fingerprint density at radius 1 is 1.23 bits per heavy atom. The zero-order chi connectivity index (χ0) is 14.9. The van der Waals surface area contributed by atoms with Crippen LogP contribution in [0.3, 0.4) is 0 Å². The van der Waals surface area contributed by atoms with Crippen LogP contribution >= 0.6 is 11.3 Å². The number of nitrogens with zero attached hydrogens (tertiary/aromatic N) is 3. The summed E-state index contributed by atoms with van der Waals surface area (Å²) in [5.74, 6) is 2.60. The van der Waals surface area contributed by atoms with E-state index in [1.165, 1.54) is 0 Å². The molecule has 2 heterocycles. The molecule has 1 aliphatic carbocycles. The molecule has 5 nitrogen and oxygen atoms in total. The van der Waals surface area contributed by atoms with Crippen LogP contribution in [0.25, 0.3) is 11.3 Å². The Bertz CT molecular complexity index is 775. The maximum atomic E-state index is 5.70. The van der Waals surface area contributed by atoms with Crippen molar-refractivity contribution < 1.29 is 9.26 Å². The molecular weight excluding hydrogens is 298 g/mol. The molecule has 0 spiro atoms. The van der Waals surface area contributed by atoms with Crippen LogP contribution in [0.2, 0.25) is 0 Å². The minimum absolute atomic E-state index is 0.325. The summed E-state index contributed by atoms with van der Waals surface area (Å²) >= 11 is 1.65. The van der Waals surface area contributed by atoms with Crippen molar-refractivity contribution in [3.63, 3.8) is 0 Å². The van der Waals surface area contributed by atoms with Gasteiger partial charge in [0.05, 0.1) is 10.7 Å². The van der Waals surface area contributed by atoms with Crippen molar-refractivity contribution in [3.8, 4) is 17.0 Å². The van der Waals surface area contributed by atoms with E-state index in [2.05, 4.69) is 20.5 Å². The van der Waals surface area contributed by atoms with Gasteiger partial charge in [-0.25, -0.2) is 4.98 Å². The average Bonchev–Trinajstić information content (AvgIpc) is 3.12. The van der Waals surface area contributed by atoms with Crippen LogP contribution in [0.5, 0.6) is 5.75 Å². The topological polar surface area (TPSA) is 61.0 Å². The molecule has 0 N–H and O–H groups in total. The second kappa shape index (κ2) is 5.53. The Hall–Kier alpha value is -2.21. The third-order valence-corrected chi connectivity index (χ3v) is 4.32. The number of rotatable bonds is 5. The fraction of sp³-hybridized carbons (Fsp3) is 0.312. The first-order chi connectivity index (χ1) is 10.8. The van der Waals surface area contributed by atoms with E-state index in [0.29, 0.717) is 18.3 Å². The normalized spacial score (nSPS) is 14.2. The van der Waals surface area contributed by atoms with Gasteiger partial charge in [0.25, 0.3) is 0 Å². The van der Waals surface area contributed by atoms with Gasteiger partial charge < -0.3 is 9.26 Å². The lowest BCUT2D eigenvalue weighted by atomic mass is 10.2. The largest absolute Gasteiger partial charge is 0.485 e. The van der Waals surface area contributed by atoms with Gasteiger partial charge in [0.2, 0.25) is 11.7 Å². The van der Waals surface area contributed by atoms with Crippen LogP contribution in [-0.4, -0.2) is 15.1 Å². The summed E-state index contributed by atoms with van der Waals surface area (Å²) in [7, 11) is 0. The van der Waals surface area contributed by atoms with Crippen LogP contribution in [0.15, 0.2) is 34.2 Å². The highest BCUT2D eigenvalue weighted by Gasteiger charge is 2.29. The van der Waals surface area contributed by atoms with Crippen molar-refractivity contribution in [2.45, 2.75) is 32.3 Å². The number of benzene rings is 1. The van der Waals surface area contributed by atoms with Gasteiger partial charge in [-0.05, 0) is 44.0 Å². The van der Waals surface area contributed by atoms with Crippen LogP contribution in [-0.2, 0) is 6.61 Å². The maximum Gasteiger partial charge on any atom is 0.229 e. The van der Waals surface area contributed by atoms with E-state index in [4.69, 9.17) is 9.26 Å². The van der Waals surface area contributed by atoms with E-state index >= 15 is 0 Å². The molecule has 0 unspecified atom stereocenters. The van der Waals surface area contributed by atoms with Gasteiger partial charge in [-0.3, -0.25) is 0 Å². The summed E-state index contributed by atoms with van der Waals surface area (Å²) < 4.78 is 10.9. The Kier molecular flexibility index (Phi) is 3.38. The number of ether oxygens (including phenoxy) is 1. The zero-order valence-corrected chi connectivity index (χ0v) is 13.0. The highest BCUT2D eigenvalue weighted by atomic mass is 32.1. The molecule has 1 fully saturated rings. The maximum absolute atomic E-state index is 5.70. The predicted molar refractivity (Wildman–Crippen MR) is 82.9 cm³/mol. The van der Waals surface area contributed by atoms with Crippen molar-refractivity contribution in [2.75, 3.05) is 0 Å². The molecule has 0 bridgehead atoms. The van der Waals surface area contributed by atoms with Gasteiger partial charge >= 0.3 is 0 Å². The van der Waals surface area contributed by atoms with Gasteiger partial charge in [-0.2, -0.15) is 4.98 Å². The smallest absolute Gasteiger partial charge is 0.229 e. The summed E-state index contributed by atoms with van der Waals surface area (Å²) in [4.78, 5) is 8.82. The SMILES string of the molecule is Cc1nc(-c2ccc(OCc3noc(C4CC4)n3)cc2)cs1. The average molecular weight is 313 g/mol. The molecule has 0 aliphatic heterocycles. The van der Waals surface area contributed by atoms with E-state index in [9.17, 15) is 0 Å². The van der Waals surface area contributed by atoms with Gasteiger partial charge in [0, 0.05) is 16.9 Å². The first kappa shape index (κ1) is 13.5. The standard InChI is InChI=1S/C16H15N3O2S/c1-10-17-14(9-22-10)11-4-6-13(7-5-11)20-8-15-18-16(21-19-15)12-2-3-12/h4-7,9,12H,2-3,8H2,1H3. The lowest BCUT2D eigenvalue weighted by molar-refractivity contribution is 0.285. The van der Waals surface area contributed by atoms with Crippen LogP contribution in [0, 0.1) is 6.92 Å². The Labute approximate surface area is 132 Å². The van der Waals surface area contributed by atoms with E-state index in [1.54, 1.807) is 11.3 Å². The number of aryl methyl sites for hydroxylation is 1. The monoisotopic (exact) mass is 313 g/mol. The first-order valence-corrected chi connectivity index (χ1v) is 8.14. The third-order valence-electron chi connectivity index (χ3n) is 3.55. The predicted octanol–water partition coefficient (Wildman–Crippen LogP) is 3.96. The minimum atomic E-state index is 0.325. The third kappa shape index (κ3) is 2.87. The van der Waals surface area contributed by atoms with Crippen molar-refractivity contribution in [3.05, 3.63) is 46.4 Å². The molecule has 2 aromatic heterocycles. The number of hydrogen-bond donors (Lipinski definition) is 0. The molecule has 0 atom stereocenters. The molecule has 6 heteroatoms. The van der Waals surface area contributed by atoms with Crippen LogP contribution < -0.4 is 4.74 Å². The lowest BCUT2D eigenvalue weighted by Gasteiger charge is -2.04. The van der Waals surface area contributed by atoms with Crippen LogP contribution in [0.1, 0.15) is 35.5 Å². The minimum Gasteiger partial charge on any atom is -0.485 e. The summed E-state index contributed by atoms with van der Waals surface area (Å²) in [6.45, 7) is 2.33. The highest BCUT2D eigenvalue weighted by molar-refractivity contribution is 7.09. The quantitative estimate of drug-likeness (QED) is 0.713. The molecular formula is C16H15N3O2S. The molecule has 0 amide bonds. The Balaban J connectivity index is 1.40. The Morgan fingerprint density at radius 3 is 2.73 bits per heavy atom. The zero-order valence-electron chi connectivity index (χ0n) is 12.2. The number of aromatic nitrogens is 3. The summed E-state index contributed by atoms with van der Waals surface area (Å²) in [6, 6.07) is 7.89. The number of hydrogen-bond acceptors (Lipinski definition) is 6. The summed E-state index contributed by atoms with van der Waals surface area (Å²) in [6.07, 6.45) is 2.31. The van der Waals surface area contributed by atoms with Crippen molar-refractivity contribution in [1.82, 2.24) is 15.1 Å². The molecule has 22 heavy (non-hydrogen) atoms. The van der Waals surface area contributed by atoms with E-state index in [-0.39, 0.29) is 0 Å². The van der Waals surface area contributed by atoms with E-state index in [0.717, 1.165) is 40.7 Å². The van der Waals surface area contributed by atoms with Gasteiger partial charge in [-0.15, -0.1) is 11.3 Å². The first-order valence-electron chi connectivity index (χ1n) is 7.26. The van der Waals surface area contributed by atoms with Gasteiger partial charge in [0.1, 0.15) is 5.75 Å². The molecule has 1 aliphatic rings. The molecule has 0 radical (unpaired) electrons. The molecule has 0 saturated heterocycles. The molecule has 112 valence electrons. The van der Waals surface area contributed by atoms with Gasteiger partial charge in [-0.1, -0.05) is 5.16 Å². The van der Waals surface area contributed by atoms with Crippen molar-refractivity contribution in [1.29, 1.82) is 0 Å². The fourth-order valence-corrected chi connectivity index (χ4v) is 2.81. The second-order valence-corrected chi connectivity index (χ2v) is 6.45. The second-order valence-electron chi connectivity index (χ2n) is 5.39. The van der Waals surface area contributed by atoms with E-state index < -0.39 is 0 Å². The summed E-state index contributed by atoms with van der Waals surface area (Å²) in [5, 5.41) is 7.07. The van der Waals surface area contributed by atoms with Crippen molar-refractivity contribution >= 4 is 11.3 Å². The molecule has 1 saturated carbocycles. The fourth-order valence-electron chi connectivity index (χ4n) is 2.19. The molecule has 4 rings (SSSR count). The molecule has 3 aromatic rings. The van der Waals surface area contributed by atoms with Crippen molar-refractivity contribution in [2.24, 2.45) is 0 Å². The summed E-state index contributed by atoms with van der Waals surface area (Å²) in [5.41, 5.74) is 2.09. The lowest BCUT2D eigenvalue weighted by Crippen LogP contribution is -1.97. The van der Waals surface area contributed by atoms with Crippen LogP contribution in [0.4, 0.5) is 0 Å². The Morgan fingerprint density at radius 2 is 2.05 bits per heavy atom. The molecule has 1 aromatic carbocycles.